The summed E-state index contributed by atoms with van der Waals surface area (Å²) in [5.41, 5.74) is 2.05. The van der Waals surface area contributed by atoms with Crippen molar-refractivity contribution in [3.8, 4) is 5.75 Å². The predicted octanol–water partition coefficient (Wildman–Crippen LogP) is 3.81. The topological polar surface area (TPSA) is 34.1 Å². The van der Waals surface area contributed by atoms with E-state index in [1.54, 1.807) is 0 Å². The molecule has 0 radical (unpaired) electrons. The Labute approximate surface area is 124 Å². The van der Waals surface area contributed by atoms with Crippen LogP contribution < -0.4 is 10.1 Å². The molecule has 3 nitrogen and oxygen atoms in total. The van der Waals surface area contributed by atoms with Crippen molar-refractivity contribution in [1.82, 2.24) is 10.3 Å². The summed E-state index contributed by atoms with van der Waals surface area (Å²) < 4.78 is 5.65. The molecule has 106 valence electrons. The molecule has 0 aliphatic heterocycles. The molecule has 0 amide bonds. The van der Waals surface area contributed by atoms with Crippen LogP contribution in [0.1, 0.15) is 25.1 Å². The maximum absolute atomic E-state index is 6.03. The standard InChI is InChI=1S/C16H19ClN2O/c1-12(2)18-9-13-7-8-14(19-10-13)11-20-16-6-4-3-5-15(16)17/h3-8,10,12,18H,9,11H2,1-2H3. The summed E-state index contributed by atoms with van der Waals surface area (Å²) in [6, 6.07) is 12.0. The molecule has 0 atom stereocenters. The molecule has 2 aromatic rings. The van der Waals surface area contributed by atoms with Crippen LogP contribution in [0.25, 0.3) is 0 Å². The summed E-state index contributed by atoms with van der Waals surface area (Å²) >= 11 is 6.03. The largest absolute Gasteiger partial charge is 0.486 e. The van der Waals surface area contributed by atoms with Gasteiger partial charge < -0.3 is 10.1 Å². The van der Waals surface area contributed by atoms with Gasteiger partial charge in [-0.15, -0.1) is 0 Å². The number of hydrogen-bond acceptors (Lipinski definition) is 3. The maximum Gasteiger partial charge on any atom is 0.138 e. The fourth-order valence-electron chi connectivity index (χ4n) is 1.68. The molecule has 0 fully saturated rings. The molecule has 0 unspecified atom stereocenters. The lowest BCUT2D eigenvalue weighted by molar-refractivity contribution is 0.301. The van der Waals surface area contributed by atoms with Gasteiger partial charge in [0.15, 0.2) is 0 Å². The smallest absolute Gasteiger partial charge is 0.138 e. The summed E-state index contributed by atoms with van der Waals surface area (Å²) in [7, 11) is 0. The van der Waals surface area contributed by atoms with Gasteiger partial charge in [-0.05, 0) is 23.8 Å². The van der Waals surface area contributed by atoms with E-state index >= 15 is 0 Å². The summed E-state index contributed by atoms with van der Waals surface area (Å²) in [4.78, 5) is 4.39. The van der Waals surface area contributed by atoms with Gasteiger partial charge in [0.1, 0.15) is 12.4 Å². The highest BCUT2D eigenvalue weighted by Gasteiger charge is 2.02. The van der Waals surface area contributed by atoms with Crippen molar-refractivity contribution >= 4 is 11.6 Å². The first-order valence-electron chi connectivity index (χ1n) is 6.69. The van der Waals surface area contributed by atoms with E-state index in [1.165, 1.54) is 5.56 Å². The summed E-state index contributed by atoms with van der Waals surface area (Å²) in [5.74, 6) is 0.682. The number of benzene rings is 1. The van der Waals surface area contributed by atoms with E-state index in [0.717, 1.165) is 12.2 Å². The van der Waals surface area contributed by atoms with Gasteiger partial charge in [-0.2, -0.15) is 0 Å². The van der Waals surface area contributed by atoms with Gasteiger partial charge in [-0.1, -0.05) is 43.6 Å². The number of aromatic nitrogens is 1. The van der Waals surface area contributed by atoms with E-state index in [0.29, 0.717) is 23.4 Å². The maximum atomic E-state index is 6.03. The van der Waals surface area contributed by atoms with Crippen LogP contribution in [0.3, 0.4) is 0 Å². The Morgan fingerprint density at radius 1 is 1.20 bits per heavy atom. The van der Waals surface area contributed by atoms with Gasteiger partial charge in [-0.3, -0.25) is 4.98 Å². The second-order valence-electron chi connectivity index (χ2n) is 4.91. The molecule has 4 heteroatoms. The first-order valence-corrected chi connectivity index (χ1v) is 7.07. The number of rotatable bonds is 6. The second kappa shape index (κ2) is 7.27. The Morgan fingerprint density at radius 3 is 2.65 bits per heavy atom. The van der Waals surface area contributed by atoms with Crippen molar-refractivity contribution in [2.24, 2.45) is 0 Å². The van der Waals surface area contributed by atoms with Crippen LogP contribution in [-0.4, -0.2) is 11.0 Å². The van der Waals surface area contributed by atoms with Gasteiger partial charge in [0, 0.05) is 18.8 Å². The predicted molar refractivity (Wildman–Crippen MR) is 82.0 cm³/mol. The Morgan fingerprint density at radius 2 is 2.00 bits per heavy atom. The quantitative estimate of drug-likeness (QED) is 0.878. The summed E-state index contributed by atoms with van der Waals surface area (Å²) in [6.45, 7) is 5.50. The number of hydrogen-bond donors (Lipinski definition) is 1. The number of halogens is 1. The van der Waals surface area contributed by atoms with Gasteiger partial charge in [0.25, 0.3) is 0 Å². The molecule has 20 heavy (non-hydrogen) atoms. The molecule has 1 heterocycles. The SMILES string of the molecule is CC(C)NCc1ccc(COc2ccccc2Cl)nc1. The van der Waals surface area contributed by atoms with Crippen molar-refractivity contribution in [1.29, 1.82) is 0 Å². The number of ether oxygens (including phenoxy) is 1. The Kier molecular flexibility index (Phi) is 5.39. The number of pyridine rings is 1. The minimum absolute atomic E-state index is 0.418. The lowest BCUT2D eigenvalue weighted by Crippen LogP contribution is -2.21. The molecule has 1 aromatic heterocycles. The van der Waals surface area contributed by atoms with Crippen LogP contribution in [0.4, 0.5) is 0 Å². The molecular weight excluding hydrogens is 272 g/mol. The third-order valence-electron chi connectivity index (χ3n) is 2.81. The summed E-state index contributed by atoms with van der Waals surface area (Å²) in [6.07, 6.45) is 1.88. The highest BCUT2D eigenvalue weighted by Crippen LogP contribution is 2.23. The average molecular weight is 291 g/mol. The van der Waals surface area contributed by atoms with E-state index in [4.69, 9.17) is 16.3 Å². The van der Waals surface area contributed by atoms with Crippen molar-refractivity contribution in [2.45, 2.75) is 33.0 Å². The van der Waals surface area contributed by atoms with E-state index in [2.05, 4.69) is 30.2 Å². The molecule has 0 saturated heterocycles. The van der Waals surface area contributed by atoms with Crippen LogP contribution in [0.2, 0.25) is 5.02 Å². The number of para-hydroxylation sites is 1. The third kappa shape index (κ3) is 4.51. The molecule has 2 rings (SSSR count). The van der Waals surface area contributed by atoms with Crippen LogP contribution in [0.15, 0.2) is 42.6 Å². The molecular formula is C16H19ClN2O. The van der Waals surface area contributed by atoms with E-state index in [9.17, 15) is 0 Å². The number of nitrogens with one attached hydrogen (secondary N) is 1. The van der Waals surface area contributed by atoms with Crippen molar-refractivity contribution in [3.05, 3.63) is 58.9 Å². The molecule has 0 saturated carbocycles. The molecule has 0 bridgehead atoms. The summed E-state index contributed by atoms with van der Waals surface area (Å²) in [5, 5.41) is 3.97. The van der Waals surface area contributed by atoms with E-state index in [1.807, 2.05) is 36.5 Å². The van der Waals surface area contributed by atoms with Crippen LogP contribution in [0.5, 0.6) is 5.75 Å². The second-order valence-corrected chi connectivity index (χ2v) is 5.32. The van der Waals surface area contributed by atoms with Gasteiger partial charge in [-0.25, -0.2) is 0 Å². The highest BCUT2D eigenvalue weighted by atomic mass is 35.5. The Balaban J connectivity index is 1.89. The molecule has 0 spiro atoms. The minimum atomic E-state index is 0.418. The molecule has 1 N–H and O–H groups in total. The fourth-order valence-corrected chi connectivity index (χ4v) is 1.87. The van der Waals surface area contributed by atoms with Crippen LogP contribution in [0, 0.1) is 0 Å². The minimum Gasteiger partial charge on any atom is -0.486 e. The highest BCUT2D eigenvalue weighted by molar-refractivity contribution is 6.32. The molecule has 1 aromatic carbocycles. The third-order valence-corrected chi connectivity index (χ3v) is 3.12. The molecule has 0 aliphatic carbocycles. The van der Waals surface area contributed by atoms with Gasteiger partial charge in [0.2, 0.25) is 0 Å². The zero-order chi connectivity index (χ0) is 14.4. The first kappa shape index (κ1) is 14.8. The zero-order valence-corrected chi connectivity index (χ0v) is 12.5. The fraction of sp³-hybridized carbons (Fsp3) is 0.312. The molecule has 0 aliphatic rings. The van der Waals surface area contributed by atoms with Crippen molar-refractivity contribution in [3.63, 3.8) is 0 Å². The van der Waals surface area contributed by atoms with Crippen LogP contribution in [-0.2, 0) is 13.2 Å². The average Bonchev–Trinajstić information content (AvgIpc) is 2.45. The van der Waals surface area contributed by atoms with Crippen molar-refractivity contribution < 1.29 is 4.74 Å². The number of nitrogens with zero attached hydrogens (tertiary/aromatic N) is 1. The monoisotopic (exact) mass is 290 g/mol. The lowest BCUT2D eigenvalue weighted by atomic mass is 10.2. The Hall–Kier alpha value is -1.58. The Bertz CT molecular complexity index is 540. The van der Waals surface area contributed by atoms with Crippen LogP contribution >= 0.6 is 11.6 Å². The lowest BCUT2D eigenvalue weighted by Gasteiger charge is -2.09. The van der Waals surface area contributed by atoms with E-state index in [-0.39, 0.29) is 0 Å². The van der Waals surface area contributed by atoms with E-state index < -0.39 is 0 Å². The van der Waals surface area contributed by atoms with Gasteiger partial charge >= 0.3 is 0 Å². The van der Waals surface area contributed by atoms with Gasteiger partial charge in [0.05, 0.1) is 10.7 Å². The first-order chi connectivity index (χ1) is 9.65. The normalized spacial score (nSPS) is 10.8. The van der Waals surface area contributed by atoms with Crippen molar-refractivity contribution in [2.75, 3.05) is 0 Å². The zero-order valence-electron chi connectivity index (χ0n) is 11.8.